The number of anilines is 1. The van der Waals surface area contributed by atoms with E-state index in [1.165, 1.54) is 25.7 Å². The van der Waals surface area contributed by atoms with E-state index in [4.69, 9.17) is 4.74 Å². The summed E-state index contributed by atoms with van der Waals surface area (Å²) >= 11 is 0. The van der Waals surface area contributed by atoms with Crippen molar-refractivity contribution in [1.82, 2.24) is 15.3 Å². The van der Waals surface area contributed by atoms with Gasteiger partial charge in [-0.05, 0) is 32.2 Å². The van der Waals surface area contributed by atoms with Crippen molar-refractivity contribution in [1.29, 1.82) is 0 Å². The number of methoxy groups -OCH3 is 1. The number of hydrogen-bond acceptors (Lipinski definition) is 5. The van der Waals surface area contributed by atoms with Crippen LogP contribution >= 0.6 is 0 Å². The lowest BCUT2D eigenvalue weighted by atomic mass is 10.0. The lowest BCUT2D eigenvalue weighted by Gasteiger charge is -2.30. The Kier molecular flexibility index (Phi) is 3.32. The van der Waals surface area contributed by atoms with Crippen LogP contribution in [0.3, 0.4) is 0 Å². The van der Waals surface area contributed by atoms with E-state index in [-0.39, 0.29) is 0 Å². The van der Waals surface area contributed by atoms with E-state index >= 15 is 0 Å². The second kappa shape index (κ2) is 5.10. The number of nitrogens with zero attached hydrogens (tertiary/aromatic N) is 3. The van der Waals surface area contributed by atoms with Gasteiger partial charge < -0.3 is 15.0 Å². The molecule has 1 aromatic rings. The lowest BCUT2D eigenvalue weighted by molar-refractivity contribution is 0.396. The first-order valence-corrected chi connectivity index (χ1v) is 6.74. The zero-order valence-corrected chi connectivity index (χ0v) is 10.8. The highest BCUT2D eigenvalue weighted by Crippen LogP contribution is 2.29. The molecule has 2 unspecified atom stereocenters. The number of rotatable bonds is 3. The van der Waals surface area contributed by atoms with Crippen LogP contribution in [-0.4, -0.2) is 42.3 Å². The fraction of sp³-hybridized carbons (Fsp3) is 0.692. The number of ether oxygens (including phenoxy) is 1. The molecule has 0 radical (unpaired) electrons. The summed E-state index contributed by atoms with van der Waals surface area (Å²) in [6.45, 7) is 2.24. The molecule has 98 valence electrons. The quantitative estimate of drug-likeness (QED) is 0.871. The molecule has 2 fully saturated rings. The molecule has 3 rings (SSSR count). The molecule has 2 atom stereocenters. The van der Waals surface area contributed by atoms with Crippen molar-refractivity contribution in [2.45, 2.75) is 37.8 Å². The maximum atomic E-state index is 5.18. The van der Waals surface area contributed by atoms with Gasteiger partial charge >= 0.3 is 0 Å². The molecule has 1 N–H and O–H groups in total. The van der Waals surface area contributed by atoms with Gasteiger partial charge in [0.05, 0.1) is 7.11 Å². The first-order chi connectivity index (χ1) is 8.88. The second-order valence-corrected chi connectivity index (χ2v) is 5.02. The van der Waals surface area contributed by atoms with E-state index in [2.05, 4.69) is 20.2 Å². The van der Waals surface area contributed by atoms with Gasteiger partial charge in [-0.3, -0.25) is 0 Å². The van der Waals surface area contributed by atoms with Crippen LogP contribution in [0.2, 0.25) is 0 Å². The Morgan fingerprint density at radius 1 is 1.33 bits per heavy atom. The minimum atomic E-state index is 0.576. The smallest absolute Gasteiger partial charge is 0.218 e. The number of aromatic nitrogens is 2. The molecule has 0 amide bonds. The fourth-order valence-corrected chi connectivity index (χ4v) is 3.13. The molecule has 5 nitrogen and oxygen atoms in total. The van der Waals surface area contributed by atoms with Crippen LogP contribution in [-0.2, 0) is 0 Å². The normalized spacial score (nSPS) is 27.7. The van der Waals surface area contributed by atoms with E-state index in [9.17, 15) is 0 Å². The van der Waals surface area contributed by atoms with E-state index in [1.807, 2.05) is 6.07 Å². The molecule has 5 heteroatoms. The first-order valence-electron chi connectivity index (χ1n) is 6.74. The maximum Gasteiger partial charge on any atom is 0.218 e. The summed E-state index contributed by atoms with van der Waals surface area (Å²) in [6, 6.07) is 3.13. The zero-order valence-electron chi connectivity index (χ0n) is 10.8. The fourth-order valence-electron chi connectivity index (χ4n) is 3.13. The van der Waals surface area contributed by atoms with Crippen LogP contribution in [0.4, 0.5) is 5.82 Å². The zero-order chi connectivity index (χ0) is 12.4. The summed E-state index contributed by atoms with van der Waals surface area (Å²) in [5, 5.41) is 3.61. The third-order valence-corrected chi connectivity index (χ3v) is 3.99. The molecule has 0 aromatic carbocycles. The van der Waals surface area contributed by atoms with Crippen molar-refractivity contribution in [2.75, 3.05) is 25.1 Å². The summed E-state index contributed by atoms with van der Waals surface area (Å²) in [4.78, 5) is 10.9. The van der Waals surface area contributed by atoms with E-state index in [1.54, 1.807) is 13.4 Å². The van der Waals surface area contributed by atoms with Crippen molar-refractivity contribution < 1.29 is 4.74 Å². The first kappa shape index (κ1) is 11.7. The molecular weight excluding hydrogens is 228 g/mol. The molecule has 1 aromatic heterocycles. The summed E-state index contributed by atoms with van der Waals surface area (Å²) < 4.78 is 5.18. The third-order valence-electron chi connectivity index (χ3n) is 3.99. The van der Waals surface area contributed by atoms with Gasteiger partial charge in [0, 0.05) is 24.7 Å². The third kappa shape index (κ3) is 2.14. The van der Waals surface area contributed by atoms with Crippen LogP contribution in [0.15, 0.2) is 12.4 Å². The van der Waals surface area contributed by atoms with Crippen LogP contribution in [0.1, 0.15) is 25.7 Å². The molecule has 2 aliphatic rings. The van der Waals surface area contributed by atoms with Gasteiger partial charge in [-0.2, -0.15) is 0 Å². The standard InChI is InChI=1S/C13H20N4O/c1-18-13-8-12(15-9-16-13)17-7-3-5-11(17)10-4-2-6-14-10/h8-11,14H,2-7H2,1H3. The molecule has 0 spiro atoms. The van der Waals surface area contributed by atoms with Gasteiger partial charge in [0.15, 0.2) is 0 Å². The van der Waals surface area contributed by atoms with Crippen LogP contribution in [0, 0.1) is 0 Å². The van der Waals surface area contributed by atoms with E-state index < -0.39 is 0 Å². The SMILES string of the molecule is COc1cc(N2CCCC2C2CCCN2)ncn1. The Balaban J connectivity index is 1.80. The largest absolute Gasteiger partial charge is 0.481 e. The van der Waals surface area contributed by atoms with Crippen LogP contribution in [0.25, 0.3) is 0 Å². The highest BCUT2D eigenvalue weighted by Gasteiger charge is 2.33. The highest BCUT2D eigenvalue weighted by molar-refractivity contribution is 5.43. The number of hydrogen-bond donors (Lipinski definition) is 1. The average molecular weight is 248 g/mol. The topological polar surface area (TPSA) is 50.3 Å². The van der Waals surface area contributed by atoms with E-state index in [0.717, 1.165) is 18.9 Å². The molecule has 18 heavy (non-hydrogen) atoms. The molecule has 2 aliphatic heterocycles. The minimum Gasteiger partial charge on any atom is -0.481 e. The Morgan fingerprint density at radius 2 is 2.28 bits per heavy atom. The lowest BCUT2D eigenvalue weighted by Crippen LogP contribution is -2.44. The predicted octanol–water partition coefficient (Wildman–Crippen LogP) is 1.21. The van der Waals surface area contributed by atoms with Gasteiger partial charge in [0.2, 0.25) is 5.88 Å². The Hall–Kier alpha value is -1.36. The highest BCUT2D eigenvalue weighted by atomic mass is 16.5. The van der Waals surface area contributed by atoms with Gasteiger partial charge in [0.1, 0.15) is 12.1 Å². The van der Waals surface area contributed by atoms with E-state index in [0.29, 0.717) is 18.0 Å². The van der Waals surface area contributed by atoms with Crippen molar-refractivity contribution in [2.24, 2.45) is 0 Å². The second-order valence-electron chi connectivity index (χ2n) is 5.02. The van der Waals surface area contributed by atoms with Crippen molar-refractivity contribution in [3.8, 4) is 5.88 Å². The van der Waals surface area contributed by atoms with Gasteiger partial charge in [-0.25, -0.2) is 9.97 Å². The van der Waals surface area contributed by atoms with Gasteiger partial charge in [-0.1, -0.05) is 0 Å². The van der Waals surface area contributed by atoms with Gasteiger partial charge in [0.25, 0.3) is 0 Å². The molecule has 0 aliphatic carbocycles. The van der Waals surface area contributed by atoms with Crippen LogP contribution < -0.4 is 15.0 Å². The maximum absolute atomic E-state index is 5.18. The van der Waals surface area contributed by atoms with Crippen molar-refractivity contribution in [3.05, 3.63) is 12.4 Å². The monoisotopic (exact) mass is 248 g/mol. The molecular formula is C13H20N4O. The Morgan fingerprint density at radius 3 is 3.06 bits per heavy atom. The Labute approximate surface area is 108 Å². The number of nitrogens with one attached hydrogen (secondary N) is 1. The minimum absolute atomic E-state index is 0.576. The van der Waals surface area contributed by atoms with Crippen molar-refractivity contribution >= 4 is 5.82 Å². The van der Waals surface area contributed by atoms with Crippen molar-refractivity contribution in [3.63, 3.8) is 0 Å². The Bertz CT molecular complexity index is 406. The molecule has 3 heterocycles. The van der Waals surface area contributed by atoms with Crippen LogP contribution in [0.5, 0.6) is 5.88 Å². The molecule has 2 saturated heterocycles. The van der Waals surface area contributed by atoms with Gasteiger partial charge in [-0.15, -0.1) is 0 Å². The predicted molar refractivity (Wildman–Crippen MR) is 70.0 cm³/mol. The summed E-state index contributed by atoms with van der Waals surface area (Å²) in [5.41, 5.74) is 0. The summed E-state index contributed by atoms with van der Waals surface area (Å²) in [7, 11) is 1.64. The summed E-state index contributed by atoms with van der Waals surface area (Å²) in [6.07, 6.45) is 6.66. The molecule has 0 saturated carbocycles. The average Bonchev–Trinajstić information content (AvgIpc) is 3.09. The summed E-state index contributed by atoms with van der Waals surface area (Å²) in [5.74, 6) is 1.64. The molecule has 0 bridgehead atoms.